The van der Waals surface area contributed by atoms with Crippen LogP contribution in [0.3, 0.4) is 0 Å². The molecular formula is C24H16ClF7N2OS. The van der Waals surface area contributed by atoms with Crippen molar-refractivity contribution in [3.8, 4) is 11.3 Å². The number of thiazole rings is 1. The molecule has 190 valence electrons. The third kappa shape index (κ3) is 5.36. The van der Waals surface area contributed by atoms with Gasteiger partial charge in [-0.3, -0.25) is 0 Å². The number of hydrogen-bond acceptors (Lipinski definition) is 3. The number of nitrogens with zero attached hydrogens (tertiary/aromatic N) is 2. The fourth-order valence-electron chi connectivity index (χ4n) is 3.35. The summed E-state index contributed by atoms with van der Waals surface area (Å²) >= 11 is 7.27. The van der Waals surface area contributed by atoms with Crippen LogP contribution in [0.1, 0.15) is 11.3 Å². The molecule has 0 saturated carbocycles. The Balaban J connectivity index is 1.65. The van der Waals surface area contributed by atoms with Crippen LogP contribution in [0.5, 0.6) is 0 Å². The molecule has 0 saturated heterocycles. The Bertz CT molecular complexity index is 1370. The normalized spacial score (nSPS) is 13.4. The Morgan fingerprint density at radius 2 is 1.56 bits per heavy atom. The van der Waals surface area contributed by atoms with Crippen molar-refractivity contribution in [1.29, 1.82) is 0 Å². The van der Waals surface area contributed by atoms with Crippen LogP contribution in [0, 0.1) is 0 Å². The first-order valence-corrected chi connectivity index (χ1v) is 11.6. The molecule has 0 fully saturated rings. The van der Waals surface area contributed by atoms with Gasteiger partial charge in [0, 0.05) is 16.8 Å². The fraction of sp³-hybridized carbons (Fsp3) is 0.208. The molecule has 0 spiro atoms. The molecule has 2 aromatic heterocycles. The van der Waals surface area contributed by atoms with Crippen molar-refractivity contribution in [2.24, 2.45) is 4.99 Å². The van der Waals surface area contributed by atoms with Gasteiger partial charge in [-0.25, -0.2) is 4.99 Å². The van der Waals surface area contributed by atoms with Gasteiger partial charge in [0.2, 0.25) is 0 Å². The Hall–Kier alpha value is -3.05. The summed E-state index contributed by atoms with van der Waals surface area (Å²) in [7, 11) is 0. The van der Waals surface area contributed by atoms with Gasteiger partial charge >= 0.3 is 18.0 Å². The van der Waals surface area contributed by atoms with Crippen LogP contribution in [0.15, 0.2) is 81.7 Å². The number of alkyl halides is 7. The fourth-order valence-corrected chi connectivity index (χ4v) is 4.41. The first-order chi connectivity index (χ1) is 16.9. The van der Waals surface area contributed by atoms with Crippen molar-refractivity contribution in [3.05, 3.63) is 93.5 Å². The summed E-state index contributed by atoms with van der Waals surface area (Å²) in [5.74, 6) is -10.8. The second-order valence-corrected chi connectivity index (χ2v) is 9.08. The predicted octanol–water partition coefficient (Wildman–Crippen LogP) is 8.12. The number of benzene rings is 2. The standard InChI is InChI=1S/C24H16ClF7N2OS/c25-17-7-5-16(6-8-17)20-14-36-21(34(20)13-19-2-1-11-35-19)33-18-9-3-15(4-10-18)12-22(26,27)23(28,29)24(30,31)32/h1-11,14H,12-13H2. The minimum absolute atomic E-state index is 0.294. The zero-order chi connectivity index (χ0) is 26.1. The zero-order valence-electron chi connectivity index (χ0n) is 18.1. The Kier molecular flexibility index (Phi) is 7.07. The first-order valence-electron chi connectivity index (χ1n) is 10.3. The maximum atomic E-state index is 13.7. The molecule has 0 N–H and O–H groups in total. The van der Waals surface area contributed by atoms with Crippen molar-refractivity contribution >= 4 is 28.6 Å². The van der Waals surface area contributed by atoms with Crippen LogP contribution < -0.4 is 4.80 Å². The summed E-state index contributed by atoms with van der Waals surface area (Å²) in [4.78, 5) is 5.02. The largest absolute Gasteiger partial charge is 0.467 e. The number of rotatable bonds is 7. The van der Waals surface area contributed by atoms with Gasteiger partial charge in [0.15, 0.2) is 4.80 Å². The molecule has 36 heavy (non-hydrogen) atoms. The van der Waals surface area contributed by atoms with Crippen molar-refractivity contribution in [3.63, 3.8) is 0 Å². The number of hydrogen-bond donors (Lipinski definition) is 0. The van der Waals surface area contributed by atoms with Gasteiger partial charge in [0.25, 0.3) is 0 Å². The van der Waals surface area contributed by atoms with Crippen molar-refractivity contribution < 1.29 is 35.2 Å². The molecular weight excluding hydrogens is 533 g/mol. The summed E-state index contributed by atoms with van der Waals surface area (Å²) in [5.41, 5.74) is 1.56. The van der Waals surface area contributed by atoms with Crippen LogP contribution in [0.2, 0.25) is 5.02 Å². The van der Waals surface area contributed by atoms with E-state index in [2.05, 4.69) is 4.99 Å². The van der Waals surface area contributed by atoms with Crippen molar-refractivity contribution in [2.45, 2.75) is 31.0 Å². The van der Waals surface area contributed by atoms with Gasteiger partial charge < -0.3 is 8.98 Å². The molecule has 0 aliphatic heterocycles. The molecule has 0 atom stereocenters. The highest BCUT2D eigenvalue weighted by atomic mass is 35.5. The third-order valence-corrected chi connectivity index (χ3v) is 6.35. The van der Waals surface area contributed by atoms with E-state index in [-0.39, 0.29) is 5.56 Å². The van der Waals surface area contributed by atoms with E-state index in [1.807, 2.05) is 22.1 Å². The average molecular weight is 549 g/mol. The highest BCUT2D eigenvalue weighted by Gasteiger charge is 2.72. The molecule has 0 aliphatic carbocycles. The van der Waals surface area contributed by atoms with E-state index < -0.39 is 24.4 Å². The lowest BCUT2D eigenvalue weighted by molar-refractivity contribution is -0.354. The molecule has 0 bridgehead atoms. The van der Waals surface area contributed by atoms with Crippen LogP contribution in [-0.4, -0.2) is 22.6 Å². The second kappa shape index (κ2) is 9.78. The van der Waals surface area contributed by atoms with E-state index in [4.69, 9.17) is 16.0 Å². The Morgan fingerprint density at radius 3 is 2.14 bits per heavy atom. The lowest BCUT2D eigenvalue weighted by atomic mass is 10.0. The summed E-state index contributed by atoms with van der Waals surface area (Å²) in [6.45, 7) is 0.324. The van der Waals surface area contributed by atoms with E-state index in [1.165, 1.54) is 29.7 Å². The molecule has 0 unspecified atom stereocenters. The van der Waals surface area contributed by atoms with Crippen LogP contribution >= 0.6 is 22.9 Å². The number of furan rings is 1. The first kappa shape index (κ1) is 26.0. The van der Waals surface area contributed by atoms with E-state index in [0.29, 0.717) is 27.8 Å². The molecule has 0 aliphatic rings. The summed E-state index contributed by atoms with van der Waals surface area (Å²) in [6, 6.07) is 15.3. The monoisotopic (exact) mass is 548 g/mol. The van der Waals surface area contributed by atoms with Gasteiger partial charge in [0.05, 0.1) is 24.2 Å². The molecule has 4 rings (SSSR count). The molecule has 2 heterocycles. The second-order valence-electron chi connectivity index (χ2n) is 7.81. The molecule has 3 nitrogen and oxygen atoms in total. The minimum Gasteiger partial charge on any atom is -0.467 e. The third-order valence-electron chi connectivity index (χ3n) is 5.23. The molecule has 4 aromatic rings. The molecule has 2 aromatic carbocycles. The highest BCUT2D eigenvalue weighted by molar-refractivity contribution is 7.07. The van der Waals surface area contributed by atoms with Gasteiger partial charge in [-0.05, 0) is 47.5 Å². The summed E-state index contributed by atoms with van der Waals surface area (Å²) < 4.78 is 98.4. The number of aromatic nitrogens is 1. The maximum Gasteiger partial charge on any atom is 0.459 e. The predicted molar refractivity (Wildman–Crippen MR) is 122 cm³/mol. The van der Waals surface area contributed by atoms with Gasteiger partial charge in [0.1, 0.15) is 5.76 Å². The Morgan fingerprint density at radius 1 is 0.889 bits per heavy atom. The van der Waals surface area contributed by atoms with Gasteiger partial charge in [-0.2, -0.15) is 30.7 Å². The van der Waals surface area contributed by atoms with Crippen molar-refractivity contribution in [2.75, 3.05) is 0 Å². The summed E-state index contributed by atoms with van der Waals surface area (Å²) in [6.07, 6.45) is -6.62. The van der Waals surface area contributed by atoms with E-state index >= 15 is 0 Å². The zero-order valence-corrected chi connectivity index (χ0v) is 19.6. The molecule has 0 amide bonds. The van der Waals surface area contributed by atoms with Gasteiger partial charge in [-0.15, -0.1) is 11.3 Å². The lowest BCUT2D eigenvalue weighted by Gasteiger charge is -2.28. The SMILES string of the molecule is FC(F)(F)C(F)(F)C(F)(F)Cc1ccc(N=c2scc(-c3ccc(Cl)cc3)n2Cc2ccco2)cc1. The summed E-state index contributed by atoms with van der Waals surface area (Å²) in [5, 5.41) is 2.43. The quantitative estimate of drug-likeness (QED) is 0.215. The van der Waals surface area contributed by atoms with Crippen LogP contribution in [-0.2, 0) is 13.0 Å². The highest BCUT2D eigenvalue weighted by Crippen LogP contribution is 2.47. The Labute approximate surface area is 209 Å². The van der Waals surface area contributed by atoms with E-state index in [9.17, 15) is 30.7 Å². The van der Waals surface area contributed by atoms with Crippen LogP contribution in [0.25, 0.3) is 11.3 Å². The number of halogens is 8. The average Bonchev–Trinajstić information content (AvgIpc) is 3.45. The molecule has 0 radical (unpaired) electrons. The smallest absolute Gasteiger partial charge is 0.459 e. The topological polar surface area (TPSA) is 30.4 Å². The molecule has 12 heteroatoms. The lowest BCUT2D eigenvalue weighted by Crippen LogP contribution is -2.52. The minimum atomic E-state index is -6.37. The van der Waals surface area contributed by atoms with Crippen LogP contribution in [0.4, 0.5) is 36.4 Å². The van der Waals surface area contributed by atoms with Gasteiger partial charge in [-0.1, -0.05) is 35.9 Å². The van der Waals surface area contributed by atoms with E-state index in [1.54, 1.807) is 24.3 Å². The maximum absolute atomic E-state index is 13.7. The van der Waals surface area contributed by atoms with Crippen molar-refractivity contribution in [1.82, 2.24) is 4.57 Å². The van der Waals surface area contributed by atoms with E-state index in [0.717, 1.165) is 23.4 Å².